The Kier molecular flexibility index (Phi) is 4.82. The molecule has 0 aromatic carbocycles. The molecule has 0 saturated heterocycles. The van der Waals surface area contributed by atoms with E-state index in [0.717, 1.165) is 31.6 Å². The first kappa shape index (κ1) is 17.9. The first-order chi connectivity index (χ1) is 11.3. The minimum absolute atomic E-state index is 0.0489. The Hall–Kier alpha value is -0.870. The van der Waals surface area contributed by atoms with Crippen LogP contribution in [-0.4, -0.2) is 30.6 Å². The van der Waals surface area contributed by atoms with Gasteiger partial charge in [0.15, 0.2) is 5.79 Å². The van der Waals surface area contributed by atoms with Crippen LogP contribution in [0.5, 0.6) is 0 Å². The van der Waals surface area contributed by atoms with Crippen molar-refractivity contribution in [1.82, 2.24) is 0 Å². The van der Waals surface area contributed by atoms with E-state index in [1.54, 1.807) is 14.0 Å². The van der Waals surface area contributed by atoms with Crippen LogP contribution in [0.25, 0.3) is 0 Å². The fourth-order valence-electron chi connectivity index (χ4n) is 5.27. The van der Waals surface area contributed by atoms with Crippen molar-refractivity contribution in [2.45, 2.75) is 83.2 Å². The van der Waals surface area contributed by atoms with Crippen LogP contribution >= 0.6 is 0 Å². The second-order valence-corrected chi connectivity index (χ2v) is 8.42. The van der Waals surface area contributed by atoms with E-state index >= 15 is 0 Å². The highest BCUT2D eigenvalue weighted by molar-refractivity contribution is 5.87. The number of carbonyl (C=O) groups is 1. The van der Waals surface area contributed by atoms with Crippen molar-refractivity contribution >= 4 is 5.97 Å². The van der Waals surface area contributed by atoms with Gasteiger partial charge < -0.3 is 14.2 Å². The molecule has 3 bridgehead atoms. The maximum absolute atomic E-state index is 12.1. The van der Waals surface area contributed by atoms with Gasteiger partial charge in [0, 0.05) is 19.1 Å². The standard InChI is InChI=1S/C20H32O4/c1-6-19(4,22-5)24-20-10-14-7-8-16(15(9-14)11-20)17(12-20)23-18(21)13(2)3/h14-17H,2,6-12H2,1,3-5H3. The fraction of sp³-hybridized carbons (Fsp3) is 0.850. The number of ether oxygens (including phenoxy) is 3. The molecular weight excluding hydrogens is 304 g/mol. The summed E-state index contributed by atoms with van der Waals surface area (Å²) in [5.74, 6) is 1.00. The predicted octanol–water partition coefficient (Wildman–Crippen LogP) is 4.23. The Bertz CT molecular complexity index is 506. The van der Waals surface area contributed by atoms with Gasteiger partial charge in [0.25, 0.3) is 0 Å². The zero-order valence-electron chi connectivity index (χ0n) is 15.6. The lowest BCUT2D eigenvalue weighted by Gasteiger charge is -2.58. The molecule has 6 atom stereocenters. The molecule has 3 rings (SSSR count). The number of esters is 1. The molecule has 0 aromatic rings. The fourth-order valence-corrected chi connectivity index (χ4v) is 5.27. The molecule has 6 unspecified atom stereocenters. The van der Waals surface area contributed by atoms with Gasteiger partial charge in [-0.15, -0.1) is 0 Å². The van der Waals surface area contributed by atoms with Gasteiger partial charge in [-0.3, -0.25) is 0 Å². The van der Waals surface area contributed by atoms with E-state index in [1.165, 1.54) is 19.3 Å². The van der Waals surface area contributed by atoms with Gasteiger partial charge in [-0.25, -0.2) is 4.79 Å². The third-order valence-electron chi connectivity index (χ3n) is 6.61. The Balaban J connectivity index is 1.84. The molecule has 4 heteroatoms. The number of hydrogen-bond donors (Lipinski definition) is 0. The number of carbonyl (C=O) groups excluding carboxylic acids is 1. The second kappa shape index (κ2) is 6.45. The van der Waals surface area contributed by atoms with E-state index < -0.39 is 5.79 Å². The minimum Gasteiger partial charge on any atom is -0.459 e. The van der Waals surface area contributed by atoms with E-state index in [0.29, 0.717) is 17.4 Å². The van der Waals surface area contributed by atoms with Gasteiger partial charge in [0.1, 0.15) is 6.10 Å². The summed E-state index contributed by atoms with van der Waals surface area (Å²) in [6, 6.07) is 0. The smallest absolute Gasteiger partial charge is 0.333 e. The first-order valence-corrected chi connectivity index (χ1v) is 9.41. The molecule has 0 aromatic heterocycles. The van der Waals surface area contributed by atoms with E-state index in [4.69, 9.17) is 14.2 Å². The molecule has 0 aliphatic heterocycles. The quantitative estimate of drug-likeness (QED) is 0.413. The molecule has 4 nitrogen and oxygen atoms in total. The molecular formula is C20H32O4. The molecule has 3 fully saturated rings. The number of fused-ring (bicyclic) bond motifs is 2. The summed E-state index contributed by atoms with van der Waals surface area (Å²) in [5.41, 5.74) is 0.260. The summed E-state index contributed by atoms with van der Waals surface area (Å²) in [6.45, 7) is 9.56. The topological polar surface area (TPSA) is 44.8 Å². The average Bonchev–Trinajstić information content (AvgIpc) is 2.53. The Morgan fingerprint density at radius 3 is 2.67 bits per heavy atom. The summed E-state index contributed by atoms with van der Waals surface area (Å²) in [7, 11) is 1.72. The lowest BCUT2D eigenvalue weighted by Crippen LogP contribution is -2.58. The maximum Gasteiger partial charge on any atom is 0.333 e. The average molecular weight is 336 g/mol. The monoisotopic (exact) mass is 336 g/mol. The largest absolute Gasteiger partial charge is 0.459 e. The molecule has 136 valence electrons. The van der Waals surface area contributed by atoms with Crippen molar-refractivity contribution in [2.24, 2.45) is 17.8 Å². The lowest BCUT2D eigenvalue weighted by molar-refractivity contribution is -0.306. The second-order valence-electron chi connectivity index (χ2n) is 8.42. The Labute approximate surface area is 145 Å². The van der Waals surface area contributed by atoms with Crippen LogP contribution in [-0.2, 0) is 19.0 Å². The SMILES string of the molecule is C=C(C)C(=O)OC1CC2(OC(C)(CC)OC)CC3CCC1C(C3)C2. The van der Waals surface area contributed by atoms with Gasteiger partial charge in [-0.2, -0.15) is 0 Å². The third-order valence-corrected chi connectivity index (χ3v) is 6.61. The summed E-state index contributed by atoms with van der Waals surface area (Å²) in [4.78, 5) is 12.1. The van der Waals surface area contributed by atoms with Crippen molar-refractivity contribution in [1.29, 1.82) is 0 Å². The zero-order chi connectivity index (χ0) is 17.5. The van der Waals surface area contributed by atoms with Gasteiger partial charge in [-0.05, 0) is 70.1 Å². The van der Waals surface area contributed by atoms with Gasteiger partial charge >= 0.3 is 5.97 Å². The number of methoxy groups -OCH3 is 1. The molecule has 3 aliphatic rings. The van der Waals surface area contributed by atoms with Crippen molar-refractivity contribution in [3.05, 3.63) is 12.2 Å². The molecule has 24 heavy (non-hydrogen) atoms. The van der Waals surface area contributed by atoms with Crippen LogP contribution < -0.4 is 0 Å². The van der Waals surface area contributed by atoms with E-state index in [-0.39, 0.29) is 17.7 Å². The van der Waals surface area contributed by atoms with Crippen molar-refractivity contribution < 1.29 is 19.0 Å². The van der Waals surface area contributed by atoms with Crippen LogP contribution in [0.1, 0.15) is 65.7 Å². The van der Waals surface area contributed by atoms with Crippen LogP contribution in [0.3, 0.4) is 0 Å². The number of rotatable bonds is 6. The van der Waals surface area contributed by atoms with Gasteiger partial charge in [0.05, 0.1) is 5.60 Å². The zero-order valence-corrected chi connectivity index (χ0v) is 15.6. The summed E-state index contributed by atoms with van der Waals surface area (Å²) in [5, 5.41) is 0. The maximum atomic E-state index is 12.1. The van der Waals surface area contributed by atoms with E-state index in [9.17, 15) is 4.79 Å². The third kappa shape index (κ3) is 3.28. The molecule has 0 amide bonds. The molecule has 3 aliphatic carbocycles. The first-order valence-electron chi connectivity index (χ1n) is 9.41. The van der Waals surface area contributed by atoms with Crippen molar-refractivity contribution in [2.75, 3.05) is 7.11 Å². The summed E-state index contributed by atoms with van der Waals surface area (Å²) >= 11 is 0. The Morgan fingerprint density at radius 1 is 1.29 bits per heavy atom. The Morgan fingerprint density at radius 2 is 2.04 bits per heavy atom. The van der Waals surface area contributed by atoms with Crippen LogP contribution in [0.4, 0.5) is 0 Å². The predicted molar refractivity (Wildman–Crippen MR) is 92.4 cm³/mol. The molecule has 0 spiro atoms. The molecule has 0 N–H and O–H groups in total. The highest BCUT2D eigenvalue weighted by Gasteiger charge is 2.56. The lowest BCUT2D eigenvalue weighted by atomic mass is 9.54. The van der Waals surface area contributed by atoms with E-state index in [1.807, 2.05) is 6.92 Å². The van der Waals surface area contributed by atoms with Crippen molar-refractivity contribution in [3.63, 3.8) is 0 Å². The van der Waals surface area contributed by atoms with Crippen LogP contribution in [0.15, 0.2) is 12.2 Å². The molecule has 0 heterocycles. The summed E-state index contributed by atoms with van der Waals surface area (Å²) < 4.78 is 18.2. The minimum atomic E-state index is -0.568. The molecule has 3 saturated carbocycles. The van der Waals surface area contributed by atoms with Crippen molar-refractivity contribution in [3.8, 4) is 0 Å². The normalized spacial score (nSPS) is 40.0. The van der Waals surface area contributed by atoms with Crippen LogP contribution in [0.2, 0.25) is 0 Å². The van der Waals surface area contributed by atoms with E-state index in [2.05, 4.69) is 13.5 Å². The number of hydrogen-bond acceptors (Lipinski definition) is 4. The van der Waals surface area contributed by atoms with Crippen LogP contribution in [0, 0.1) is 17.8 Å². The summed E-state index contributed by atoms with van der Waals surface area (Å²) in [6.07, 6.45) is 7.35. The van der Waals surface area contributed by atoms with Gasteiger partial charge in [0.2, 0.25) is 0 Å². The molecule has 0 radical (unpaired) electrons. The van der Waals surface area contributed by atoms with Gasteiger partial charge in [-0.1, -0.05) is 13.5 Å². The highest BCUT2D eigenvalue weighted by atomic mass is 16.7. The highest BCUT2D eigenvalue weighted by Crippen LogP contribution is 2.57.